The summed E-state index contributed by atoms with van der Waals surface area (Å²) in [6.45, 7) is 6.11. The van der Waals surface area contributed by atoms with Gasteiger partial charge in [-0.3, -0.25) is 4.79 Å². The van der Waals surface area contributed by atoms with E-state index in [-0.39, 0.29) is 12.5 Å². The number of amides is 1. The maximum Gasteiger partial charge on any atom is 0.252 e. The number of unbranched alkanes of at least 4 members (excludes halogenated alkanes) is 4. The third-order valence-electron chi connectivity index (χ3n) is 5.93. The molecular formula is C23H33Cl2N3O3S2. The van der Waals surface area contributed by atoms with Crippen molar-refractivity contribution in [2.45, 2.75) is 60.5 Å². The summed E-state index contributed by atoms with van der Waals surface area (Å²) in [5, 5.41) is 2.83. The molecule has 1 aromatic rings. The second kappa shape index (κ2) is 12.2. The molecule has 2 heterocycles. The maximum atomic E-state index is 13.1. The predicted octanol–water partition coefficient (Wildman–Crippen LogP) is 4.70. The van der Waals surface area contributed by atoms with Crippen LogP contribution in [0.3, 0.4) is 0 Å². The molecule has 184 valence electrons. The molecule has 1 N–H and O–H groups in total. The molecule has 1 aliphatic heterocycles. The number of hydrogen-bond donors (Lipinski definition) is 1. The minimum Gasteiger partial charge on any atom is -0.347 e. The van der Waals surface area contributed by atoms with E-state index in [1.54, 1.807) is 34.7 Å². The fraction of sp³-hybridized carbons (Fsp3) is 0.609. The maximum absolute atomic E-state index is 13.1. The van der Waals surface area contributed by atoms with Gasteiger partial charge in [-0.2, -0.15) is 4.31 Å². The van der Waals surface area contributed by atoms with E-state index in [0.717, 1.165) is 24.5 Å². The van der Waals surface area contributed by atoms with Gasteiger partial charge in [-0.05, 0) is 31.2 Å². The van der Waals surface area contributed by atoms with E-state index in [1.807, 2.05) is 0 Å². The van der Waals surface area contributed by atoms with Gasteiger partial charge in [-0.15, -0.1) is 11.3 Å². The fourth-order valence-electron chi connectivity index (χ4n) is 3.88. The summed E-state index contributed by atoms with van der Waals surface area (Å²) in [5.74, 6) is -0.237. The van der Waals surface area contributed by atoms with Crippen molar-refractivity contribution in [3.63, 3.8) is 0 Å². The highest BCUT2D eigenvalue weighted by molar-refractivity contribution is 7.91. The van der Waals surface area contributed by atoms with Crippen LogP contribution in [0.25, 0.3) is 0 Å². The van der Waals surface area contributed by atoms with E-state index >= 15 is 0 Å². The van der Waals surface area contributed by atoms with E-state index in [0.29, 0.717) is 29.3 Å². The lowest BCUT2D eigenvalue weighted by Crippen LogP contribution is -2.48. The summed E-state index contributed by atoms with van der Waals surface area (Å²) in [6, 6.07) is 3.40. The van der Waals surface area contributed by atoms with Crippen molar-refractivity contribution in [1.82, 2.24) is 14.5 Å². The van der Waals surface area contributed by atoms with E-state index < -0.39 is 14.4 Å². The summed E-state index contributed by atoms with van der Waals surface area (Å²) in [6.07, 6.45) is 11.5. The van der Waals surface area contributed by atoms with Crippen molar-refractivity contribution < 1.29 is 13.2 Å². The van der Waals surface area contributed by atoms with Gasteiger partial charge >= 0.3 is 0 Å². The van der Waals surface area contributed by atoms with Crippen LogP contribution in [-0.4, -0.2) is 60.6 Å². The molecule has 0 saturated carbocycles. The Hall–Kier alpha value is -0.900. The predicted molar refractivity (Wildman–Crippen MR) is 136 cm³/mol. The zero-order valence-corrected chi connectivity index (χ0v) is 22.2. The van der Waals surface area contributed by atoms with Gasteiger partial charge in [0.25, 0.3) is 15.9 Å². The topological polar surface area (TPSA) is 69.7 Å². The SMILES string of the molecule is CCCCCCCN1CCN(S(=O)(=O)c2ccc(CNC(=O)C3=CCC(Cl)(Cl)C=C3)s2)CC1. The van der Waals surface area contributed by atoms with Gasteiger partial charge in [0, 0.05) is 43.1 Å². The molecule has 0 unspecified atom stereocenters. The Morgan fingerprint density at radius 3 is 2.52 bits per heavy atom. The minimum atomic E-state index is -3.51. The highest BCUT2D eigenvalue weighted by atomic mass is 35.5. The number of nitrogens with one attached hydrogen (secondary N) is 1. The molecule has 1 saturated heterocycles. The molecule has 33 heavy (non-hydrogen) atoms. The normalized spacial score (nSPS) is 19.4. The highest BCUT2D eigenvalue weighted by Crippen LogP contribution is 2.32. The number of piperazine rings is 1. The number of carbonyl (C=O) groups is 1. The van der Waals surface area contributed by atoms with E-state index in [4.69, 9.17) is 23.2 Å². The van der Waals surface area contributed by atoms with Crippen LogP contribution in [0.4, 0.5) is 0 Å². The number of sulfonamides is 1. The first-order valence-electron chi connectivity index (χ1n) is 11.6. The van der Waals surface area contributed by atoms with Gasteiger partial charge in [-0.25, -0.2) is 8.42 Å². The monoisotopic (exact) mass is 533 g/mol. The standard InChI is InChI=1S/C23H33Cl2N3O3S2/c1-2-3-4-5-6-13-27-14-16-28(17-15-27)33(30,31)21-8-7-20(32-21)18-26-22(29)19-9-11-23(24,25)12-10-19/h7-11H,2-6,12-18H2,1H3,(H,26,29). The lowest BCUT2D eigenvalue weighted by molar-refractivity contribution is -0.117. The summed E-state index contributed by atoms with van der Waals surface area (Å²) >= 11 is 13.2. The first-order valence-corrected chi connectivity index (χ1v) is 14.6. The quantitative estimate of drug-likeness (QED) is 0.330. The van der Waals surface area contributed by atoms with Crippen molar-refractivity contribution >= 4 is 50.5 Å². The number of carbonyl (C=O) groups excluding carboxylic acids is 1. The molecule has 1 amide bonds. The van der Waals surface area contributed by atoms with Crippen LogP contribution in [0, 0.1) is 0 Å². The molecule has 10 heteroatoms. The van der Waals surface area contributed by atoms with Crippen LogP contribution in [0.2, 0.25) is 0 Å². The summed E-state index contributed by atoms with van der Waals surface area (Å²) in [5.41, 5.74) is 0.500. The molecular weight excluding hydrogens is 501 g/mol. The lowest BCUT2D eigenvalue weighted by Gasteiger charge is -2.33. The highest BCUT2D eigenvalue weighted by Gasteiger charge is 2.29. The lowest BCUT2D eigenvalue weighted by atomic mass is 10.1. The summed E-state index contributed by atoms with van der Waals surface area (Å²) < 4.78 is 27.1. The molecule has 0 bridgehead atoms. The Labute approximate surface area is 211 Å². The first kappa shape index (κ1) is 26.7. The second-order valence-electron chi connectivity index (χ2n) is 8.52. The van der Waals surface area contributed by atoms with Crippen LogP contribution >= 0.6 is 34.5 Å². The Morgan fingerprint density at radius 2 is 1.85 bits per heavy atom. The second-order valence-corrected chi connectivity index (χ2v) is 13.4. The van der Waals surface area contributed by atoms with Crippen molar-refractivity contribution in [2.75, 3.05) is 32.7 Å². The van der Waals surface area contributed by atoms with E-state index in [2.05, 4.69) is 17.1 Å². The molecule has 6 nitrogen and oxygen atoms in total. The van der Waals surface area contributed by atoms with Crippen molar-refractivity contribution in [2.24, 2.45) is 0 Å². The number of nitrogens with zero attached hydrogens (tertiary/aromatic N) is 2. The van der Waals surface area contributed by atoms with Gasteiger partial charge in [0.1, 0.15) is 8.54 Å². The third kappa shape index (κ3) is 7.80. The number of hydrogen-bond acceptors (Lipinski definition) is 5. The molecule has 0 atom stereocenters. The van der Waals surface area contributed by atoms with Crippen molar-refractivity contribution in [1.29, 1.82) is 0 Å². The molecule has 2 aliphatic rings. The van der Waals surface area contributed by atoms with Gasteiger partial charge in [0.2, 0.25) is 0 Å². The Balaban J connectivity index is 1.46. The zero-order valence-electron chi connectivity index (χ0n) is 19.1. The van der Waals surface area contributed by atoms with Gasteiger partial charge < -0.3 is 10.2 Å². The molecule has 3 rings (SSSR count). The average molecular weight is 535 g/mol. The van der Waals surface area contributed by atoms with Crippen LogP contribution in [0.15, 0.2) is 40.1 Å². The van der Waals surface area contributed by atoms with Crippen LogP contribution in [0.1, 0.15) is 50.3 Å². The first-order chi connectivity index (χ1) is 15.7. The number of allylic oxidation sites excluding steroid dienone is 2. The van der Waals surface area contributed by atoms with Crippen LogP contribution < -0.4 is 5.32 Å². The van der Waals surface area contributed by atoms with Gasteiger partial charge in [0.05, 0.1) is 6.54 Å². The Kier molecular flexibility index (Phi) is 9.85. The largest absolute Gasteiger partial charge is 0.347 e. The van der Waals surface area contributed by atoms with Gasteiger partial charge in [0.15, 0.2) is 0 Å². The molecule has 0 aromatic carbocycles. The smallest absolute Gasteiger partial charge is 0.252 e. The van der Waals surface area contributed by atoms with E-state index in [9.17, 15) is 13.2 Å². The fourth-order valence-corrected chi connectivity index (χ4v) is 7.04. The van der Waals surface area contributed by atoms with Crippen LogP contribution in [-0.2, 0) is 21.4 Å². The zero-order chi connectivity index (χ0) is 23.9. The number of rotatable bonds is 11. The number of halogens is 2. The average Bonchev–Trinajstić information content (AvgIpc) is 3.28. The van der Waals surface area contributed by atoms with Crippen LogP contribution in [0.5, 0.6) is 0 Å². The van der Waals surface area contributed by atoms with Crippen molar-refractivity contribution in [3.8, 4) is 0 Å². The Morgan fingerprint density at radius 1 is 1.12 bits per heavy atom. The molecule has 0 spiro atoms. The minimum absolute atomic E-state index is 0.237. The van der Waals surface area contributed by atoms with Gasteiger partial charge in [-0.1, -0.05) is 68.0 Å². The molecule has 1 fully saturated rings. The number of alkyl halides is 2. The third-order valence-corrected chi connectivity index (χ3v) is 9.94. The summed E-state index contributed by atoms with van der Waals surface area (Å²) in [4.78, 5) is 15.5. The number of thiophene rings is 1. The van der Waals surface area contributed by atoms with E-state index in [1.165, 1.54) is 43.4 Å². The summed E-state index contributed by atoms with van der Waals surface area (Å²) in [7, 11) is -3.51. The van der Waals surface area contributed by atoms with Crippen molar-refractivity contribution in [3.05, 3.63) is 40.8 Å². The molecule has 1 aliphatic carbocycles. The Bertz CT molecular complexity index is 965. The molecule has 0 radical (unpaired) electrons. The molecule has 1 aromatic heterocycles.